The summed E-state index contributed by atoms with van der Waals surface area (Å²) in [5.74, 6) is 1.57. The van der Waals surface area contributed by atoms with Crippen molar-refractivity contribution in [1.29, 1.82) is 0 Å². The van der Waals surface area contributed by atoms with Crippen molar-refractivity contribution in [2.24, 2.45) is 16.8 Å². The lowest BCUT2D eigenvalue weighted by molar-refractivity contribution is 0.274. The zero-order valence-corrected chi connectivity index (χ0v) is 21.6. The monoisotopic (exact) mass is 568 g/mol. The summed E-state index contributed by atoms with van der Waals surface area (Å²) in [6.07, 6.45) is 5.24. The normalized spacial score (nSPS) is 19.4. The van der Waals surface area contributed by atoms with E-state index in [1.54, 1.807) is 13.1 Å². The molecule has 1 aliphatic heterocycles. The van der Waals surface area contributed by atoms with Crippen molar-refractivity contribution in [1.82, 2.24) is 14.9 Å². The zero-order chi connectivity index (χ0) is 21.7. The van der Waals surface area contributed by atoms with E-state index in [1.165, 1.54) is 29.5 Å². The second-order valence-electron chi connectivity index (χ2n) is 8.37. The third-order valence-corrected chi connectivity index (χ3v) is 7.11. The van der Waals surface area contributed by atoms with Crippen LogP contribution < -0.4 is 15.4 Å². The van der Waals surface area contributed by atoms with Crippen LogP contribution in [0, 0.1) is 17.7 Å². The highest BCUT2D eigenvalue weighted by Gasteiger charge is 2.25. The fraction of sp³-hybridized carbons (Fsp3) is 0.667. The van der Waals surface area contributed by atoms with E-state index in [1.807, 2.05) is 13.0 Å². The molecule has 1 aromatic rings. The molecule has 0 amide bonds. The van der Waals surface area contributed by atoms with Crippen LogP contribution in [0.5, 0.6) is 5.75 Å². The molecule has 1 atom stereocenters. The molecule has 1 aliphatic carbocycles. The van der Waals surface area contributed by atoms with Crippen molar-refractivity contribution in [3.8, 4) is 5.75 Å². The molecular weight excluding hydrogens is 534 g/mol. The Morgan fingerprint density at radius 2 is 1.94 bits per heavy atom. The van der Waals surface area contributed by atoms with Gasteiger partial charge in [-0.3, -0.25) is 4.99 Å². The second kappa shape index (κ2) is 11.6. The van der Waals surface area contributed by atoms with Gasteiger partial charge in [-0.1, -0.05) is 6.07 Å². The summed E-state index contributed by atoms with van der Waals surface area (Å²) in [4.78, 5) is 4.26. The first kappa shape index (κ1) is 26.1. The van der Waals surface area contributed by atoms with E-state index >= 15 is 0 Å². The van der Waals surface area contributed by atoms with E-state index in [0.29, 0.717) is 49.8 Å². The molecule has 176 valence electrons. The number of ether oxygens (including phenoxy) is 1. The summed E-state index contributed by atoms with van der Waals surface area (Å²) < 4.78 is 44.7. The number of halogens is 2. The van der Waals surface area contributed by atoms with Crippen molar-refractivity contribution < 1.29 is 17.5 Å². The van der Waals surface area contributed by atoms with Crippen molar-refractivity contribution in [3.63, 3.8) is 0 Å². The summed E-state index contributed by atoms with van der Waals surface area (Å²) in [7, 11) is -1.41. The molecule has 0 spiro atoms. The number of benzene rings is 1. The fourth-order valence-electron chi connectivity index (χ4n) is 3.56. The van der Waals surface area contributed by atoms with Crippen molar-refractivity contribution >= 4 is 40.0 Å². The Morgan fingerprint density at radius 1 is 1.26 bits per heavy atom. The molecule has 10 heteroatoms. The number of sulfonamides is 1. The molecule has 1 unspecified atom stereocenters. The van der Waals surface area contributed by atoms with E-state index in [4.69, 9.17) is 4.74 Å². The van der Waals surface area contributed by atoms with Gasteiger partial charge in [0.25, 0.3) is 0 Å². The predicted molar refractivity (Wildman–Crippen MR) is 132 cm³/mol. The van der Waals surface area contributed by atoms with E-state index in [-0.39, 0.29) is 35.8 Å². The van der Waals surface area contributed by atoms with Gasteiger partial charge in [-0.2, -0.15) is 0 Å². The fourth-order valence-corrected chi connectivity index (χ4v) is 4.44. The van der Waals surface area contributed by atoms with Crippen LogP contribution in [0.15, 0.2) is 23.2 Å². The molecule has 0 bridgehead atoms. The van der Waals surface area contributed by atoms with Crippen LogP contribution in [-0.4, -0.2) is 58.2 Å². The maximum absolute atomic E-state index is 14.4. The molecule has 1 saturated carbocycles. The number of guanidine groups is 1. The molecular formula is C21H34FIN4O3S. The lowest BCUT2D eigenvalue weighted by Crippen LogP contribution is -2.44. The minimum absolute atomic E-state index is 0. The minimum Gasteiger partial charge on any atom is -0.490 e. The first-order chi connectivity index (χ1) is 14.3. The van der Waals surface area contributed by atoms with Crippen LogP contribution in [0.3, 0.4) is 0 Å². The summed E-state index contributed by atoms with van der Waals surface area (Å²) >= 11 is 0. The Labute approximate surface area is 202 Å². The lowest BCUT2D eigenvalue weighted by atomic mass is 9.98. The van der Waals surface area contributed by atoms with Gasteiger partial charge in [-0.05, 0) is 62.1 Å². The molecule has 7 nitrogen and oxygen atoms in total. The van der Waals surface area contributed by atoms with Crippen LogP contribution in [0.2, 0.25) is 0 Å². The molecule has 0 aromatic heterocycles. The van der Waals surface area contributed by atoms with Gasteiger partial charge in [0.05, 0.1) is 18.9 Å². The SMILES string of the molecule is CN=C(NCC1CCN(S(C)(=O)=O)CC1)NC(C)c1ccc(OCC2CC2)c(F)c1.I. The lowest BCUT2D eigenvalue weighted by Gasteiger charge is -2.30. The number of hydrogen-bond acceptors (Lipinski definition) is 4. The van der Waals surface area contributed by atoms with Gasteiger partial charge in [0.1, 0.15) is 0 Å². The van der Waals surface area contributed by atoms with Gasteiger partial charge in [-0.25, -0.2) is 17.1 Å². The number of aliphatic imine (C=N–C) groups is 1. The Bertz CT molecular complexity index is 856. The highest BCUT2D eigenvalue weighted by molar-refractivity contribution is 14.0. The summed E-state index contributed by atoms with van der Waals surface area (Å²) in [5, 5.41) is 6.60. The van der Waals surface area contributed by atoms with Crippen LogP contribution in [0.25, 0.3) is 0 Å². The average molecular weight is 568 g/mol. The molecule has 1 saturated heterocycles. The first-order valence-corrected chi connectivity index (χ1v) is 12.5. The number of nitrogens with zero attached hydrogens (tertiary/aromatic N) is 2. The van der Waals surface area contributed by atoms with Crippen molar-refractivity contribution in [3.05, 3.63) is 29.6 Å². The number of nitrogens with one attached hydrogen (secondary N) is 2. The van der Waals surface area contributed by atoms with E-state index in [0.717, 1.165) is 18.4 Å². The standard InChI is InChI=1S/C21H33FN4O3S.HI/c1-15(18-6-7-20(19(22)12-18)29-14-17-4-5-17)25-21(23-2)24-13-16-8-10-26(11-9-16)30(3,27)28;/h6-7,12,15-17H,4-5,8-11,13-14H2,1-3H3,(H2,23,24,25);1H. The van der Waals surface area contributed by atoms with E-state index < -0.39 is 10.0 Å². The number of rotatable bonds is 8. The smallest absolute Gasteiger partial charge is 0.211 e. The van der Waals surface area contributed by atoms with Crippen molar-refractivity contribution in [2.75, 3.05) is 39.5 Å². The Morgan fingerprint density at radius 3 is 2.48 bits per heavy atom. The van der Waals surface area contributed by atoms with Gasteiger partial charge in [0.2, 0.25) is 10.0 Å². The van der Waals surface area contributed by atoms with Crippen molar-refractivity contribution in [2.45, 2.75) is 38.6 Å². The van der Waals surface area contributed by atoms with E-state index in [9.17, 15) is 12.8 Å². The summed E-state index contributed by atoms with van der Waals surface area (Å²) in [6.45, 7) is 4.37. The minimum atomic E-state index is -3.11. The molecule has 3 rings (SSSR count). The van der Waals surface area contributed by atoms with Gasteiger partial charge < -0.3 is 15.4 Å². The quantitative estimate of drug-likeness (QED) is 0.286. The molecule has 31 heavy (non-hydrogen) atoms. The molecule has 0 radical (unpaired) electrons. The maximum Gasteiger partial charge on any atom is 0.211 e. The third-order valence-electron chi connectivity index (χ3n) is 5.80. The number of hydrogen-bond donors (Lipinski definition) is 2. The Kier molecular flexibility index (Phi) is 9.81. The predicted octanol–water partition coefficient (Wildman–Crippen LogP) is 3.13. The first-order valence-electron chi connectivity index (χ1n) is 10.6. The van der Waals surface area contributed by atoms with Crippen LogP contribution in [0.1, 0.15) is 44.2 Å². The largest absolute Gasteiger partial charge is 0.490 e. The molecule has 2 N–H and O–H groups in total. The van der Waals surface area contributed by atoms with Gasteiger partial charge in [-0.15, -0.1) is 24.0 Å². The third kappa shape index (κ3) is 8.05. The van der Waals surface area contributed by atoms with Crippen LogP contribution in [0.4, 0.5) is 4.39 Å². The van der Waals surface area contributed by atoms with Gasteiger partial charge in [0.15, 0.2) is 17.5 Å². The van der Waals surface area contributed by atoms with Crippen LogP contribution >= 0.6 is 24.0 Å². The highest BCUT2D eigenvalue weighted by Crippen LogP contribution is 2.30. The topological polar surface area (TPSA) is 83.0 Å². The molecule has 1 aromatic carbocycles. The Balaban J connectivity index is 0.00000341. The number of piperidine rings is 1. The summed E-state index contributed by atoms with van der Waals surface area (Å²) in [5.41, 5.74) is 0.815. The molecule has 2 fully saturated rings. The summed E-state index contributed by atoms with van der Waals surface area (Å²) in [6, 6.07) is 4.94. The van der Waals surface area contributed by atoms with E-state index in [2.05, 4.69) is 15.6 Å². The highest BCUT2D eigenvalue weighted by atomic mass is 127. The van der Waals surface area contributed by atoms with Gasteiger partial charge in [0, 0.05) is 26.7 Å². The average Bonchev–Trinajstić information content (AvgIpc) is 3.54. The zero-order valence-electron chi connectivity index (χ0n) is 18.4. The maximum atomic E-state index is 14.4. The Hall–Kier alpha value is -1.14. The van der Waals surface area contributed by atoms with Crippen LogP contribution in [-0.2, 0) is 10.0 Å². The molecule has 2 aliphatic rings. The van der Waals surface area contributed by atoms with Gasteiger partial charge >= 0.3 is 0 Å². The molecule has 1 heterocycles. The second-order valence-corrected chi connectivity index (χ2v) is 10.4.